The van der Waals surface area contributed by atoms with E-state index in [2.05, 4.69) is 10.6 Å². The maximum absolute atomic E-state index is 14.9. The average molecular weight is 1370 g/mol. The standard InChI is InChI=1S/C75H112N6O17/c1-16-48(8)69(63(96-14)43-66(88)80-37-23-27-59(80)71(97-15)50(10)60(83)39-49(9)70(91)53-24-19-17-20-25-53)78(12)74(94)58(46(4)5)42-62(85)68(47(6)7)79(13)75(95)98-44-52-28-31-56(32-29-52)77-72(92)54(30-35-67(89)90)41-61(84)51(11)76-73(93)55(38-45(2)3)40-57(82)26-21-18-22-36-81-64(86)33-34-65(81)87/h17,19-20,24-25,28-29,31-34,45-51,54-55,58-59,63,68-71,91H,16,18,21-23,26-27,30,35-44H2,1-15H3,(H,76,93)(H,77,92)(H,89,90)/t48-,49-,50-,51-,54+,55-,58-,59-,63+,68-,69-,70+,71+/m0/s1. The Balaban J connectivity index is 1.35. The Labute approximate surface area is 580 Å². The molecule has 0 aromatic heterocycles. The summed E-state index contributed by atoms with van der Waals surface area (Å²) >= 11 is 0. The molecule has 4 rings (SSSR count). The lowest BCUT2D eigenvalue weighted by atomic mass is 9.83. The van der Waals surface area contributed by atoms with Crippen molar-refractivity contribution in [2.24, 2.45) is 53.3 Å². The van der Waals surface area contributed by atoms with Gasteiger partial charge in [-0.2, -0.15) is 0 Å². The molecule has 0 bridgehead atoms. The number of carboxylic acids is 1. The van der Waals surface area contributed by atoms with Crippen molar-refractivity contribution in [2.45, 2.75) is 222 Å². The Bertz CT molecular complexity index is 3020. The maximum Gasteiger partial charge on any atom is 0.410 e. The molecular formula is C75H112N6O17. The molecule has 544 valence electrons. The van der Waals surface area contributed by atoms with E-state index < -0.39 is 115 Å². The van der Waals surface area contributed by atoms with Crippen LogP contribution in [0.1, 0.15) is 190 Å². The summed E-state index contributed by atoms with van der Waals surface area (Å²) in [7, 11) is 6.20. The summed E-state index contributed by atoms with van der Waals surface area (Å²) in [5, 5.41) is 26.0. The van der Waals surface area contributed by atoms with Gasteiger partial charge in [0.2, 0.25) is 23.6 Å². The van der Waals surface area contributed by atoms with Crippen molar-refractivity contribution < 1.29 is 82.0 Å². The average Bonchev–Trinajstić information content (AvgIpc) is 1.50. The van der Waals surface area contributed by atoms with Gasteiger partial charge in [-0.1, -0.05) is 125 Å². The first-order valence-electron chi connectivity index (χ1n) is 35.1. The van der Waals surface area contributed by atoms with Gasteiger partial charge < -0.3 is 49.8 Å². The smallest absolute Gasteiger partial charge is 0.410 e. The van der Waals surface area contributed by atoms with Crippen molar-refractivity contribution in [3.63, 3.8) is 0 Å². The van der Waals surface area contributed by atoms with Gasteiger partial charge in [-0.25, -0.2) is 4.79 Å². The number of methoxy groups -OCH3 is 2. The third kappa shape index (κ3) is 24.7. The zero-order chi connectivity index (χ0) is 73.2. The summed E-state index contributed by atoms with van der Waals surface area (Å²) in [5.74, 6) is -9.02. The first kappa shape index (κ1) is 82.9. The molecule has 98 heavy (non-hydrogen) atoms. The van der Waals surface area contributed by atoms with Crippen LogP contribution < -0.4 is 10.6 Å². The Morgan fingerprint density at radius 1 is 0.684 bits per heavy atom. The van der Waals surface area contributed by atoms with E-state index in [1.54, 1.807) is 62.1 Å². The number of aliphatic hydroxyl groups is 1. The number of hydrogen-bond acceptors (Lipinski definition) is 16. The number of hydrogen-bond donors (Lipinski definition) is 4. The highest BCUT2D eigenvalue weighted by atomic mass is 16.6. The summed E-state index contributed by atoms with van der Waals surface area (Å²) in [6.07, 6.45) is 2.44. The number of carboxylic acid groups (broad SMARTS) is 1. The van der Waals surface area contributed by atoms with Crippen LogP contribution in [0.15, 0.2) is 66.7 Å². The maximum atomic E-state index is 14.9. The fraction of sp³-hybridized carbons (Fsp3) is 0.653. The molecule has 2 aliphatic heterocycles. The number of imide groups is 1. The number of anilines is 1. The molecular weight excluding hydrogens is 1260 g/mol. The van der Waals surface area contributed by atoms with E-state index in [0.717, 1.165) is 10.5 Å². The number of carbonyl (C=O) groups excluding carboxylic acids is 11. The minimum atomic E-state index is -1.18. The number of unbranched alkanes of at least 4 members (excludes halogenated alkanes) is 2. The zero-order valence-corrected chi connectivity index (χ0v) is 60.6. The summed E-state index contributed by atoms with van der Waals surface area (Å²) in [5.41, 5.74) is 1.55. The highest BCUT2D eigenvalue weighted by Crippen LogP contribution is 2.34. The Morgan fingerprint density at radius 2 is 1.33 bits per heavy atom. The molecule has 1 fully saturated rings. The van der Waals surface area contributed by atoms with Crippen LogP contribution in [0.5, 0.6) is 0 Å². The first-order chi connectivity index (χ1) is 46.3. The highest BCUT2D eigenvalue weighted by molar-refractivity contribution is 6.12. The van der Waals surface area contributed by atoms with E-state index in [1.165, 1.54) is 38.1 Å². The van der Waals surface area contributed by atoms with Gasteiger partial charge in [-0.15, -0.1) is 0 Å². The van der Waals surface area contributed by atoms with E-state index in [1.807, 2.05) is 85.7 Å². The second-order valence-corrected chi connectivity index (χ2v) is 28.2. The molecule has 0 aliphatic carbocycles. The second kappa shape index (κ2) is 40.5. The lowest BCUT2D eigenvalue weighted by molar-refractivity contribution is -0.149. The molecule has 2 aromatic carbocycles. The second-order valence-electron chi connectivity index (χ2n) is 28.2. The zero-order valence-electron chi connectivity index (χ0n) is 60.6. The minimum Gasteiger partial charge on any atom is -0.481 e. The van der Waals surface area contributed by atoms with Crippen LogP contribution in [0.25, 0.3) is 0 Å². The van der Waals surface area contributed by atoms with Crippen molar-refractivity contribution in [1.82, 2.24) is 24.9 Å². The van der Waals surface area contributed by atoms with Crippen molar-refractivity contribution in [2.75, 3.05) is 46.7 Å². The van der Waals surface area contributed by atoms with Gasteiger partial charge in [0, 0.05) is 121 Å². The van der Waals surface area contributed by atoms with Crippen molar-refractivity contribution in [3.05, 3.63) is 77.9 Å². The SMILES string of the molecule is CC[C@H](C)[C@@H]([C@@H](CC(=O)N1CCC[C@H]1[C@H](OC)[C@@H](C)C(=O)C[C@H](C)[C@@H](O)c1ccccc1)OC)N(C)C(=O)[C@@H](CC(=O)[C@H](C(C)C)N(C)C(=O)OCc1ccc(NC(=O)[C@H](CCC(=O)O)CC(=O)[C@H](C)NC(=O)[C@H](CC(=O)CCCCCN2C(=O)C=CC2=O)CC(C)C)cc1)C(C)C. The van der Waals surface area contributed by atoms with E-state index in [-0.39, 0.29) is 116 Å². The topological polar surface area (TPSA) is 310 Å². The summed E-state index contributed by atoms with van der Waals surface area (Å²) < 4.78 is 17.8. The Hall–Kier alpha value is -7.50. The van der Waals surface area contributed by atoms with Crippen LogP contribution in [-0.2, 0) is 73.6 Å². The van der Waals surface area contributed by atoms with E-state index in [0.29, 0.717) is 62.7 Å². The molecule has 7 amide bonds. The molecule has 2 aliphatic rings. The molecule has 1 saturated heterocycles. The number of amides is 7. The summed E-state index contributed by atoms with van der Waals surface area (Å²) in [6, 6.07) is 12.5. The number of ketones is 4. The number of aliphatic hydroxyl groups excluding tert-OH is 1. The number of carbonyl (C=O) groups is 12. The molecule has 13 atom stereocenters. The number of aliphatic carboxylic acids is 1. The summed E-state index contributed by atoms with van der Waals surface area (Å²) in [6.45, 7) is 20.7. The summed E-state index contributed by atoms with van der Waals surface area (Å²) in [4.78, 5) is 167. The van der Waals surface area contributed by atoms with Gasteiger partial charge >= 0.3 is 12.1 Å². The molecule has 0 saturated carbocycles. The van der Waals surface area contributed by atoms with E-state index >= 15 is 0 Å². The molecule has 4 N–H and O–H groups in total. The van der Waals surface area contributed by atoms with Crippen LogP contribution in [0.3, 0.4) is 0 Å². The number of likely N-dealkylation sites (N-methyl/N-ethyl adjacent to an activating group) is 2. The predicted octanol–water partition coefficient (Wildman–Crippen LogP) is 9.75. The quantitative estimate of drug-likeness (QED) is 0.0354. The van der Waals surface area contributed by atoms with Gasteiger partial charge in [-0.3, -0.25) is 57.6 Å². The van der Waals surface area contributed by atoms with Crippen molar-refractivity contribution in [3.8, 4) is 0 Å². The monoisotopic (exact) mass is 1370 g/mol. The lowest BCUT2D eigenvalue weighted by Gasteiger charge is -2.41. The molecule has 2 heterocycles. The molecule has 0 radical (unpaired) electrons. The number of nitrogens with one attached hydrogen (secondary N) is 2. The Kier molecular flexibility index (Phi) is 34.3. The number of ether oxygens (including phenoxy) is 3. The number of rotatable bonds is 44. The molecule has 23 nitrogen and oxygen atoms in total. The fourth-order valence-electron chi connectivity index (χ4n) is 13.6. The van der Waals surface area contributed by atoms with Gasteiger partial charge in [-0.05, 0) is 98.3 Å². The minimum absolute atomic E-state index is 0.0416. The predicted molar refractivity (Wildman–Crippen MR) is 370 cm³/mol. The number of Topliss-reactive ketones (excluding diaryl/α,β-unsaturated/α-hetero) is 4. The van der Waals surface area contributed by atoms with Crippen LogP contribution in [0, 0.1) is 53.3 Å². The highest BCUT2D eigenvalue weighted by Gasteiger charge is 2.44. The number of benzene rings is 2. The Morgan fingerprint density at radius 3 is 1.90 bits per heavy atom. The van der Waals surface area contributed by atoms with Crippen LogP contribution in [-0.4, -0.2) is 178 Å². The normalized spacial score (nSPS) is 17.6. The lowest BCUT2D eigenvalue weighted by Crippen LogP contribution is -2.54. The van der Waals surface area contributed by atoms with Gasteiger partial charge in [0.1, 0.15) is 18.2 Å². The number of likely N-dealkylation sites (tertiary alicyclic amines) is 1. The molecule has 2 aromatic rings. The first-order valence-corrected chi connectivity index (χ1v) is 35.1. The van der Waals surface area contributed by atoms with Crippen molar-refractivity contribution >= 4 is 76.3 Å². The number of nitrogens with zero attached hydrogens (tertiary/aromatic N) is 4. The fourth-order valence-corrected chi connectivity index (χ4v) is 13.6. The van der Waals surface area contributed by atoms with Gasteiger partial charge in [0.15, 0.2) is 11.6 Å². The van der Waals surface area contributed by atoms with E-state index in [9.17, 15) is 67.7 Å². The van der Waals surface area contributed by atoms with Crippen LogP contribution in [0.2, 0.25) is 0 Å². The van der Waals surface area contributed by atoms with Crippen molar-refractivity contribution in [1.29, 1.82) is 0 Å². The van der Waals surface area contributed by atoms with Crippen LogP contribution >= 0.6 is 0 Å². The third-order valence-corrected chi connectivity index (χ3v) is 19.6. The van der Waals surface area contributed by atoms with Crippen LogP contribution in [0.4, 0.5) is 10.5 Å². The van der Waals surface area contributed by atoms with E-state index in [4.69, 9.17) is 14.2 Å². The third-order valence-electron chi connectivity index (χ3n) is 19.6. The van der Waals surface area contributed by atoms with Gasteiger partial charge in [0.25, 0.3) is 11.8 Å². The molecule has 0 unspecified atom stereocenters. The van der Waals surface area contributed by atoms with Gasteiger partial charge in [0.05, 0.1) is 48.9 Å². The largest absolute Gasteiger partial charge is 0.481 e. The molecule has 23 heteroatoms. The molecule has 0 spiro atoms.